The van der Waals surface area contributed by atoms with E-state index in [1.807, 2.05) is 85.1 Å². The van der Waals surface area contributed by atoms with Crippen molar-refractivity contribution >= 4 is 17.9 Å². The second kappa shape index (κ2) is 49.2. The Labute approximate surface area is 379 Å². The molecule has 0 spiro atoms. The number of carbonyl (C=O) groups is 3. The van der Waals surface area contributed by atoms with E-state index in [2.05, 4.69) is 69.4 Å². The standard InChI is InChI=1S/C56H86O6/c1-4-7-10-13-16-19-22-25-27-28-30-31-34-37-40-43-46-49-55(58)61-52-53(51-60-54(57)48-45-42-39-36-33-24-21-18-15-12-9-6-3)62-56(59)50-47-44-41-38-35-32-29-26-23-20-17-14-11-8-5-2/h7-8,10-11,13-14,16-23,25-31,34,53H,4-6,9,12,15,24,32-33,35-52H2,1-3H3/b10-7-,11-8-,16-13-,17-14-,21-18-,22-19-,23-20-,27-25-,29-26-,30-28+,34-31-. The average Bonchev–Trinajstić information content (AvgIpc) is 3.27. The summed E-state index contributed by atoms with van der Waals surface area (Å²) in [5.74, 6) is -1.00. The fourth-order valence-electron chi connectivity index (χ4n) is 6.01. The van der Waals surface area contributed by atoms with E-state index in [4.69, 9.17) is 14.2 Å². The SMILES string of the molecule is CC\C=C/C=C\C=C/C=C\C=C\C=C/CCCCCC(=O)OCC(COC(=O)CCCCCCC/C=C\CCCCC)OC(=O)CCCCCCC\C=C/C=C\C=C/C=C\CC. The number of allylic oxidation sites excluding steroid dienone is 22. The minimum atomic E-state index is -0.816. The summed E-state index contributed by atoms with van der Waals surface area (Å²) < 4.78 is 16.7. The number of carbonyl (C=O) groups excluding carboxylic acids is 3. The molecule has 1 unspecified atom stereocenters. The molecular formula is C56H86O6. The molecular weight excluding hydrogens is 769 g/mol. The summed E-state index contributed by atoms with van der Waals surface area (Å²) in [6.07, 6.45) is 68.5. The van der Waals surface area contributed by atoms with Crippen molar-refractivity contribution in [3.8, 4) is 0 Å². The number of unbranched alkanes of at least 4 members (excludes halogenated alkanes) is 16. The lowest BCUT2D eigenvalue weighted by Crippen LogP contribution is -2.30. The molecule has 6 nitrogen and oxygen atoms in total. The smallest absolute Gasteiger partial charge is 0.306 e. The molecule has 0 aliphatic carbocycles. The summed E-state index contributed by atoms with van der Waals surface area (Å²) in [4.78, 5) is 37.9. The Bertz CT molecular complexity index is 1400. The van der Waals surface area contributed by atoms with Crippen LogP contribution in [0.5, 0.6) is 0 Å². The van der Waals surface area contributed by atoms with Gasteiger partial charge in [0.1, 0.15) is 13.2 Å². The highest BCUT2D eigenvalue weighted by Crippen LogP contribution is 2.12. The summed E-state index contributed by atoms with van der Waals surface area (Å²) >= 11 is 0. The normalized spacial score (nSPS) is 13.3. The lowest BCUT2D eigenvalue weighted by molar-refractivity contribution is -0.167. The van der Waals surface area contributed by atoms with E-state index >= 15 is 0 Å². The molecule has 62 heavy (non-hydrogen) atoms. The first kappa shape index (κ1) is 57.5. The molecule has 0 bridgehead atoms. The second-order valence-corrected chi connectivity index (χ2v) is 15.5. The van der Waals surface area contributed by atoms with Gasteiger partial charge in [0.15, 0.2) is 6.10 Å². The molecule has 0 aliphatic rings. The van der Waals surface area contributed by atoms with E-state index < -0.39 is 6.10 Å². The third kappa shape index (κ3) is 46.6. The van der Waals surface area contributed by atoms with Crippen molar-refractivity contribution in [3.63, 3.8) is 0 Å². The van der Waals surface area contributed by atoms with Crippen molar-refractivity contribution < 1.29 is 28.6 Å². The number of hydrogen-bond acceptors (Lipinski definition) is 6. The largest absolute Gasteiger partial charge is 0.462 e. The highest BCUT2D eigenvalue weighted by Gasteiger charge is 2.19. The van der Waals surface area contributed by atoms with E-state index in [1.165, 1.54) is 32.1 Å². The summed E-state index contributed by atoms with van der Waals surface area (Å²) in [6, 6.07) is 0. The van der Waals surface area contributed by atoms with Crippen LogP contribution in [0.1, 0.15) is 181 Å². The van der Waals surface area contributed by atoms with E-state index in [1.54, 1.807) is 0 Å². The van der Waals surface area contributed by atoms with Gasteiger partial charge in [0.2, 0.25) is 0 Å². The Balaban J connectivity index is 4.57. The zero-order valence-corrected chi connectivity index (χ0v) is 39.3. The van der Waals surface area contributed by atoms with E-state index in [9.17, 15) is 14.4 Å². The minimum Gasteiger partial charge on any atom is -0.462 e. The maximum absolute atomic E-state index is 12.8. The molecule has 0 aromatic rings. The topological polar surface area (TPSA) is 78.9 Å². The fraction of sp³-hybridized carbons (Fsp3) is 0.554. The van der Waals surface area contributed by atoms with Crippen molar-refractivity contribution in [1.82, 2.24) is 0 Å². The Kier molecular flexibility index (Phi) is 45.7. The molecule has 1 atom stereocenters. The van der Waals surface area contributed by atoms with Crippen LogP contribution >= 0.6 is 0 Å². The first-order valence-corrected chi connectivity index (χ1v) is 24.3. The van der Waals surface area contributed by atoms with Gasteiger partial charge in [-0.15, -0.1) is 0 Å². The van der Waals surface area contributed by atoms with Gasteiger partial charge in [-0.2, -0.15) is 0 Å². The molecule has 0 saturated carbocycles. The Morgan fingerprint density at radius 2 is 0.645 bits per heavy atom. The molecule has 0 fully saturated rings. The third-order valence-corrected chi connectivity index (χ3v) is 9.63. The summed E-state index contributed by atoms with van der Waals surface area (Å²) in [5.41, 5.74) is 0. The molecule has 0 aromatic carbocycles. The predicted molar refractivity (Wildman–Crippen MR) is 265 cm³/mol. The number of hydrogen-bond donors (Lipinski definition) is 0. The van der Waals surface area contributed by atoms with Gasteiger partial charge in [-0.1, -0.05) is 212 Å². The molecule has 0 aliphatic heterocycles. The highest BCUT2D eigenvalue weighted by molar-refractivity contribution is 5.71. The molecule has 0 aromatic heterocycles. The van der Waals surface area contributed by atoms with Crippen LogP contribution < -0.4 is 0 Å². The molecule has 0 heterocycles. The van der Waals surface area contributed by atoms with Crippen LogP contribution in [0, 0.1) is 0 Å². The van der Waals surface area contributed by atoms with Crippen LogP contribution in [0.2, 0.25) is 0 Å². The van der Waals surface area contributed by atoms with Crippen molar-refractivity contribution in [2.45, 2.75) is 187 Å². The lowest BCUT2D eigenvalue weighted by Gasteiger charge is -2.18. The van der Waals surface area contributed by atoms with Crippen LogP contribution in [-0.2, 0) is 28.6 Å². The molecule has 0 amide bonds. The second-order valence-electron chi connectivity index (χ2n) is 15.5. The molecule has 0 radical (unpaired) electrons. The molecule has 6 heteroatoms. The summed E-state index contributed by atoms with van der Waals surface area (Å²) in [6.45, 7) is 6.23. The van der Waals surface area contributed by atoms with Crippen molar-refractivity contribution in [1.29, 1.82) is 0 Å². The fourth-order valence-corrected chi connectivity index (χ4v) is 6.01. The number of rotatable bonds is 41. The molecule has 0 N–H and O–H groups in total. The van der Waals surface area contributed by atoms with Gasteiger partial charge in [-0.05, 0) is 83.5 Å². The van der Waals surface area contributed by atoms with Crippen LogP contribution in [0.15, 0.2) is 134 Å². The third-order valence-electron chi connectivity index (χ3n) is 9.63. The van der Waals surface area contributed by atoms with Gasteiger partial charge < -0.3 is 14.2 Å². The predicted octanol–water partition coefficient (Wildman–Crippen LogP) is 15.9. The monoisotopic (exact) mass is 855 g/mol. The Morgan fingerprint density at radius 3 is 1.05 bits per heavy atom. The van der Waals surface area contributed by atoms with Gasteiger partial charge in [0.25, 0.3) is 0 Å². The van der Waals surface area contributed by atoms with Gasteiger partial charge in [-0.25, -0.2) is 0 Å². The van der Waals surface area contributed by atoms with E-state index in [0.29, 0.717) is 12.8 Å². The number of esters is 3. The summed E-state index contributed by atoms with van der Waals surface area (Å²) in [7, 11) is 0. The van der Waals surface area contributed by atoms with Gasteiger partial charge >= 0.3 is 17.9 Å². The molecule has 0 saturated heterocycles. The first-order valence-electron chi connectivity index (χ1n) is 24.3. The summed E-state index contributed by atoms with van der Waals surface area (Å²) in [5, 5.41) is 0. The van der Waals surface area contributed by atoms with Gasteiger partial charge in [-0.3, -0.25) is 14.4 Å². The van der Waals surface area contributed by atoms with Gasteiger partial charge in [0, 0.05) is 19.3 Å². The highest BCUT2D eigenvalue weighted by atomic mass is 16.6. The van der Waals surface area contributed by atoms with E-state index in [0.717, 1.165) is 109 Å². The molecule has 0 rings (SSSR count). The lowest BCUT2D eigenvalue weighted by atomic mass is 10.1. The maximum Gasteiger partial charge on any atom is 0.306 e. The van der Waals surface area contributed by atoms with Crippen LogP contribution in [0.25, 0.3) is 0 Å². The van der Waals surface area contributed by atoms with Crippen LogP contribution in [0.4, 0.5) is 0 Å². The first-order chi connectivity index (χ1) is 30.5. The molecule has 346 valence electrons. The minimum absolute atomic E-state index is 0.112. The van der Waals surface area contributed by atoms with Gasteiger partial charge in [0.05, 0.1) is 0 Å². The van der Waals surface area contributed by atoms with Crippen molar-refractivity contribution in [3.05, 3.63) is 134 Å². The average molecular weight is 855 g/mol. The van der Waals surface area contributed by atoms with Crippen molar-refractivity contribution in [2.75, 3.05) is 13.2 Å². The van der Waals surface area contributed by atoms with Crippen molar-refractivity contribution in [2.24, 2.45) is 0 Å². The Morgan fingerprint density at radius 1 is 0.339 bits per heavy atom. The Hall–Kier alpha value is -4.45. The number of ether oxygens (including phenoxy) is 3. The van der Waals surface area contributed by atoms with E-state index in [-0.39, 0.29) is 37.5 Å². The zero-order chi connectivity index (χ0) is 45.1. The quantitative estimate of drug-likeness (QED) is 0.0200. The zero-order valence-electron chi connectivity index (χ0n) is 39.3. The van der Waals surface area contributed by atoms with Crippen LogP contribution in [-0.4, -0.2) is 37.2 Å². The maximum atomic E-state index is 12.8. The van der Waals surface area contributed by atoms with Crippen LogP contribution in [0.3, 0.4) is 0 Å².